The zero-order valence-corrected chi connectivity index (χ0v) is 14.3. The fourth-order valence-corrected chi connectivity index (χ4v) is 2.58. The number of esters is 1. The number of ether oxygens (including phenoxy) is 1. The van der Waals surface area contributed by atoms with E-state index in [1.54, 1.807) is 24.3 Å². The van der Waals surface area contributed by atoms with E-state index < -0.39 is 23.4 Å². The number of para-hydroxylation sites is 2. The summed E-state index contributed by atoms with van der Waals surface area (Å²) < 4.78 is 25.1. The summed E-state index contributed by atoms with van der Waals surface area (Å²) in [6.45, 7) is 0.0207. The van der Waals surface area contributed by atoms with Gasteiger partial charge in [-0.3, -0.25) is 14.2 Å². The molecule has 1 N–H and O–H groups in total. The Morgan fingerprint density at radius 3 is 2.67 bits per heavy atom. The number of halogens is 1. The van der Waals surface area contributed by atoms with E-state index in [1.807, 2.05) is 0 Å². The highest BCUT2D eigenvalue weighted by Crippen LogP contribution is 2.12. The number of aromatic nitrogens is 1. The molecule has 0 spiro atoms. The van der Waals surface area contributed by atoms with E-state index >= 15 is 0 Å². The van der Waals surface area contributed by atoms with Gasteiger partial charge in [-0.1, -0.05) is 24.3 Å². The maximum absolute atomic E-state index is 13.5. The molecule has 27 heavy (non-hydrogen) atoms. The highest BCUT2D eigenvalue weighted by Gasteiger charge is 2.13. The third-order valence-electron chi connectivity index (χ3n) is 3.87. The van der Waals surface area contributed by atoms with E-state index in [2.05, 4.69) is 5.32 Å². The van der Waals surface area contributed by atoms with Crippen LogP contribution in [0.15, 0.2) is 57.7 Å². The third kappa shape index (κ3) is 4.41. The van der Waals surface area contributed by atoms with Crippen LogP contribution in [-0.2, 0) is 16.1 Å². The smallest absolute Gasteiger partial charge is 0.419 e. The first-order valence-electron chi connectivity index (χ1n) is 8.33. The molecule has 0 aliphatic carbocycles. The van der Waals surface area contributed by atoms with Gasteiger partial charge in [0.2, 0.25) is 0 Å². The lowest BCUT2D eigenvalue weighted by Gasteiger charge is -2.07. The molecule has 1 heterocycles. The number of nitrogens with one attached hydrogen (secondary N) is 1. The lowest BCUT2D eigenvalue weighted by molar-refractivity contribution is -0.142. The van der Waals surface area contributed by atoms with Crippen molar-refractivity contribution in [3.05, 3.63) is 70.5 Å². The third-order valence-corrected chi connectivity index (χ3v) is 3.87. The van der Waals surface area contributed by atoms with Crippen molar-refractivity contribution < 1.29 is 23.1 Å². The van der Waals surface area contributed by atoms with E-state index in [4.69, 9.17) is 9.15 Å². The number of amides is 1. The first kappa shape index (κ1) is 18.4. The summed E-state index contributed by atoms with van der Waals surface area (Å²) in [5, 5.41) is 2.30. The fourth-order valence-electron chi connectivity index (χ4n) is 2.58. The Morgan fingerprint density at radius 2 is 1.85 bits per heavy atom. The summed E-state index contributed by atoms with van der Waals surface area (Å²) >= 11 is 0. The minimum atomic E-state index is -0.693. The van der Waals surface area contributed by atoms with Gasteiger partial charge in [-0.25, -0.2) is 9.18 Å². The van der Waals surface area contributed by atoms with E-state index in [0.717, 1.165) is 6.07 Å². The number of benzene rings is 2. The average Bonchev–Trinajstić information content (AvgIpc) is 2.99. The highest BCUT2D eigenvalue weighted by molar-refractivity contribution is 5.96. The molecule has 3 aromatic rings. The van der Waals surface area contributed by atoms with Crippen molar-refractivity contribution in [2.45, 2.75) is 13.0 Å². The van der Waals surface area contributed by atoms with Gasteiger partial charge >= 0.3 is 11.7 Å². The van der Waals surface area contributed by atoms with Crippen LogP contribution in [0, 0.1) is 5.82 Å². The average molecular weight is 372 g/mol. The Bertz CT molecular complexity index is 1020. The lowest BCUT2D eigenvalue weighted by atomic mass is 10.2. The predicted octanol–water partition coefficient (Wildman–Crippen LogP) is 2.10. The summed E-state index contributed by atoms with van der Waals surface area (Å²) in [6, 6.07) is 12.5. The standard InChI is InChI=1S/C19H17FN2O5/c20-14-7-2-1-6-13(14)18(24)21-12-17(23)26-11-5-10-22-15-8-3-4-9-16(15)27-19(22)25/h1-4,6-9H,5,10-12H2,(H,21,24). The van der Waals surface area contributed by atoms with Crippen molar-refractivity contribution in [1.29, 1.82) is 0 Å². The topological polar surface area (TPSA) is 90.5 Å². The molecule has 0 aliphatic heterocycles. The molecule has 0 atom stereocenters. The van der Waals surface area contributed by atoms with Crippen molar-refractivity contribution >= 4 is 23.0 Å². The molecule has 3 rings (SSSR count). The summed E-state index contributed by atoms with van der Waals surface area (Å²) in [7, 11) is 0. The van der Waals surface area contributed by atoms with Gasteiger partial charge in [-0.05, 0) is 30.7 Å². The van der Waals surface area contributed by atoms with Crippen LogP contribution >= 0.6 is 0 Å². The minimum absolute atomic E-state index is 0.0698. The van der Waals surface area contributed by atoms with E-state index in [9.17, 15) is 18.8 Å². The zero-order valence-electron chi connectivity index (χ0n) is 14.3. The number of fused-ring (bicyclic) bond motifs is 1. The molecule has 0 fully saturated rings. The van der Waals surface area contributed by atoms with Gasteiger partial charge in [-0.15, -0.1) is 0 Å². The second kappa shape index (κ2) is 8.31. The molecule has 0 aliphatic rings. The molecule has 0 bridgehead atoms. The van der Waals surface area contributed by atoms with Crippen LogP contribution in [0.3, 0.4) is 0 Å². The number of hydrogen-bond acceptors (Lipinski definition) is 5. The molecule has 0 saturated carbocycles. The molecule has 0 radical (unpaired) electrons. The van der Waals surface area contributed by atoms with Crippen molar-refractivity contribution in [3.63, 3.8) is 0 Å². The van der Waals surface area contributed by atoms with Gasteiger partial charge in [0.1, 0.15) is 12.4 Å². The first-order valence-corrected chi connectivity index (χ1v) is 8.33. The Morgan fingerprint density at radius 1 is 1.11 bits per heavy atom. The van der Waals surface area contributed by atoms with Crippen molar-refractivity contribution in [3.8, 4) is 0 Å². The van der Waals surface area contributed by atoms with Crippen LogP contribution in [0.25, 0.3) is 11.1 Å². The molecular formula is C19H17FN2O5. The SMILES string of the molecule is O=C(CNC(=O)c1ccccc1F)OCCCn1c(=O)oc2ccccc21. The fraction of sp³-hybridized carbons (Fsp3) is 0.211. The number of rotatable bonds is 7. The maximum atomic E-state index is 13.5. The van der Waals surface area contributed by atoms with E-state index in [1.165, 1.54) is 22.8 Å². The van der Waals surface area contributed by atoms with Crippen LogP contribution in [0.1, 0.15) is 16.8 Å². The highest BCUT2D eigenvalue weighted by atomic mass is 19.1. The molecule has 1 amide bonds. The second-order valence-corrected chi connectivity index (χ2v) is 5.72. The Balaban J connectivity index is 1.43. The molecule has 7 nitrogen and oxygen atoms in total. The summed E-state index contributed by atoms with van der Waals surface area (Å²) in [5.41, 5.74) is 1.03. The molecule has 1 aromatic heterocycles. The van der Waals surface area contributed by atoms with Crippen LogP contribution < -0.4 is 11.1 Å². The zero-order chi connectivity index (χ0) is 19.2. The molecule has 0 saturated heterocycles. The van der Waals surface area contributed by atoms with Gasteiger partial charge in [0.15, 0.2) is 5.58 Å². The summed E-state index contributed by atoms with van der Waals surface area (Å²) in [4.78, 5) is 35.3. The minimum Gasteiger partial charge on any atom is -0.464 e. The molecule has 0 unspecified atom stereocenters. The van der Waals surface area contributed by atoms with E-state index in [0.29, 0.717) is 24.1 Å². The quantitative estimate of drug-likeness (QED) is 0.507. The Labute approximate surface area is 153 Å². The summed E-state index contributed by atoms with van der Waals surface area (Å²) in [5.74, 6) is -2.48. The van der Waals surface area contributed by atoms with Gasteiger partial charge in [0.05, 0.1) is 17.7 Å². The largest absolute Gasteiger partial charge is 0.464 e. The van der Waals surface area contributed by atoms with E-state index in [-0.39, 0.29) is 18.7 Å². The second-order valence-electron chi connectivity index (χ2n) is 5.72. The number of carbonyl (C=O) groups excluding carboxylic acids is 2. The van der Waals surface area contributed by atoms with Crippen molar-refractivity contribution in [2.24, 2.45) is 0 Å². The monoisotopic (exact) mass is 372 g/mol. The number of hydrogen-bond donors (Lipinski definition) is 1. The molecular weight excluding hydrogens is 355 g/mol. The Hall–Kier alpha value is -3.42. The summed E-state index contributed by atoms with van der Waals surface area (Å²) in [6.07, 6.45) is 0.399. The van der Waals surface area contributed by atoms with Gasteiger partial charge in [0, 0.05) is 6.54 Å². The van der Waals surface area contributed by atoms with Crippen LogP contribution in [0.4, 0.5) is 4.39 Å². The molecule has 140 valence electrons. The normalized spacial score (nSPS) is 10.7. The first-order chi connectivity index (χ1) is 13.1. The Kier molecular flexibility index (Phi) is 5.65. The number of carbonyl (C=O) groups is 2. The number of aryl methyl sites for hydroxylation is 1. The van der Waals surface area contributed by atoms with Crippen molar-refractivity contribution in [1.82, 2.24) is 9.88 Å². The molecule has 2 aromatic carbocycles. The van der Waals surface area contributed by atoms with Crippen LogP contribution in [0.2, 0.25) is 0 Å². The van der Waals surface area contributed by atoms with Crippen LogP contribution in [0.5, 0.6) is 0 Å². The van der Waals surface area contributed by atoms with Gasteiger partial charge < -0.3 is 14.5 Å². The molecule has 8 heteroatoms. The van der Waals surface area contributed by atoms with Crippen LogP contribution in [-0.4, -0.2) is 29.6 Å². The number of oxazole rings is 1. The van der Waals surface area contributed by atoms with Crippen molar-refractivity contribution in [2.75, 3.05) is 13.2 Å². The lowest BCUT2D eigenvalue weighted by Crippen LogP contribution is -2.31. The predicted molar refractivity (Wildman–Crippen MR) is 94.8 cm³/mol. The van der Waals surface area contributed by atoms with Gasteiger partial charge in [-0.2, -0.15) is 0 Å². The van der Waals surface area contributed by atoms with Gasteiger partial charge in [0.25, 0.3) is 5.91 Å². The maximum Gasteiger partial charge on any atom is 0.419 e. The number of nitrogens with zero attached hydrogens (tertiary/aromatic N) is 1.